The normalized spacial score (nSPS) is 36.8. The summed E-state index contributed by atoms with van der Waals surface area (Å²) < 4.78 is 0. The lowest BCUT2D eigenvalue weighted by molar-refractivity contribution is 0.112. The van der Waals surface area contributed by atoms with Crippen molar-refractivity contribution in [1.29, 1.82) is 0 Å². The first-order valence-electron chi connectivity index (χ1n) is 5.26. The van der Waals surface area contributed by atoms with Crippen molar-refractivity contribution in [3.63, 3.8) is 0 Å². The summed E-state index contributed by atoms with van der Waals surface area (Å²) in [5, 5.41) is 13.0. The molecule has 0 unspecified atom stereocenters. The van der Waals surface area contributed by atoms with Gasteiger partial charge in [-0.1, -0.05) is 0 Å². The van der Waals surface area contributed by atoms with Gasteiger partial charge in [0.2, 0.25) is 0 Å². The van der Waals surface area contributed by atoms with Gasteiger partial charge in [0.15, 0.2) is 0 Å². The van der Waals surface area contributed by atoms with Gasteiger partial charge in [-0.15, -0.1) is 0 Å². The second-order valence-electron chi connectivity index (χ2n) is 4.37. The number of rotatable bonds is 3. The maximum absolute atomic E-state index is 9.42. The highest BCUT2D eigenvalue weighted by Gasteiger charge is 2.24. The van der Waals surface area contributed by atoms with Crippen LogP contribution >= 0.6 is 0 Å². The number of nitrogens with one attached hydrogen (secondary N) is 1. The lowest BCUT2D eigenvalue weighted by atomic mass is 9.93. The molecule has 2 heteroatoms. The van der Waals surface area contributed by atoms with Crippen LogP contribution in [0.4, 0.5) is 0 Å². The Morgan fingerprint density at radius 1 is 1.17 bits per heavy atom. The van der Waals surface area contributed by atoms with Crippen molar-refractivity contribution < 1.29 is 5.11 Å². The van der Waals surface area contributed by atoms with E-state index in [0.717, 1.165) is 18.8 Å². The highest BCUT2D eigenvalue weighted by molar-refractivity contribution is 4.81. The molecule has 0 aromatic heterocycles. The van der Waals surface area contributed by atoms with Crippen molar-refractivity contribution in [2.24, 2.45) is 5.92 Å². The van der Waals surface area contributed by atoms with Gasteiger partial charge in [0.05, 0.1) is 6.10 Å². The zero-order valence-electron chi connectivity index (χ0n) is 7.63. The van der Waals surface area contributed by atoms with Gasteiger partial charge in [0, 0.05) is 6.04 Å². The first-order chi connectivity index (χ1) is 5.84. The number of hydrogen-bond donors (Lipinski definition) is 2. The minimum Gasteiger partial charge on any atom is -0.393 e. The summed E-state index contributed by atoms with van der Waals surface area (Å²) >= 11 is 0. The number of aliphatic hydroxyl groups excluding tert-OH is 1. The summed E-state index contributed by atoms with van der Waals surface area (Å²) in [6.07, 6.45) is 7.27. The molecule has 2 N–H and O–H groups in total. The predicted octanol–water partition coefficient (Wildman–Crippen LogP) is 1.29. The van der Waals surface area contributed by atoms with Crippen LogP contribution in [0.3, 0.4) is 0 Å². The summed E-state index contributed by atoms with van der Waals surface area (Å²) in [5.41, 5.74) is 0. The zero-order valence-corrected chi connectivity index (χ0v) is 7.63. The van der Waals surface area contributed by atoms with E-state index in [0.29, 0.717) is 6.04 Å². The quantitative estimate of drug-likeness (QED) is 0.667. The fourth-order valence-corrected chi connectivity index (χ4v) is 2.00. The largest absolute Gasteiger partial charge is 0.393 e. The van der Waals surface area contributed by atoms with Crippen LogP contribution in [0.1, 0.15) is 38.5 Å². The lowest BCUT2D eigenvalue weighted by Crippen LogP contribution is -2.37. The van der Waals surface area contributed by atoms with Crippen LogP contribution < -0.4 is 5.32 Å². The Morgan fingerprint density at radius 3 is 2.67 bits per heavy atom. The van der Waals surface area contributed by atoms with E-state index in [2.05, 4.69) is 5.32 Å². The molecule has 0 spiro atoms. The molecule has 2 aliphatic rings. The van der Waals surface area contributed by atoms with E-state index in [1.165, 1.54) is 32.2 Å². The monoisotopic (exact) mass is 169 g/mol. The third-order valence-electron chi connectivity index (χ3n) is 3.04. The first kappa shape index (κ1) is 8.52. The van der Waals surface area contributed by atoms with Gasteiger partial charge in [-0.3, -0.25) is 0 Å². The Bertz CT molecular complexity index is 145. The molecule has 70 valence electrons. The van der Waals surface area contributed by atoms with Crippen LogP contribution in [0.15, 0.2) is 0 Å². The third kappa shape index (κ3) is 2.46. The SMILES string of the molecule is O[C@@H]1CCC[C@H](NCC2CC2)C1. The van der Waals surface area contributed by atoms with E-state index >= 15 is 0 Å². The summed E-state index contributed by atoms with van der Waals surface area (Å²) in [5.74, 6) is 0.962. The van der Waals surface area contributed by atoms with Crippen molar-refractivity contribution in [2.75, 3.05) is 6.54 Å². The minimum absolute atomic E-state index is 0.0320. The van der Waals surface area contributed by atoms with E-state index in [9.17, 15) is 5.11 Å². The molecule has 2 aliphatic carbocycles. The molecule has 12 heavy (non-hydrogen) atoms. The smallest absolute Gasteiger partial charge is 0.0555 e. The Morgan fingerprint density at radius 2 is 2.00 bits per heavy atom. The molecule has 0 aliphatic heterocycles. The van der Waals surface area contributed by atoms with Crippen molar-refractivity contribution in [1.82, 2.24) is 5.32 Å². The molecule has 0 amide bonds. The highest BCUT2D eigenvalue weighted by atomic mass is 16.3. The van der Waals surface area contributed by atoms with Crippen LogP contribution in [0.5, 0.6) is 0 Å². The molecule has 0 aromatic carbocycles. The Balaban J connectivity index is 1.64. The van der Waals surface area contributed by atoms with Gasteiger partial charge in [-0.2, -0.15) is 0 Å². The van der Waals surface area contributed by atoms with E-state index in [-0.39, 0.29) is 6.10 Å². The average Bonchev–Trinajstić information content (AvgIpc) is 2.84. The summed E-state index contributed by atoms with van der Waals surface area (Å²) in [4.78, 5) is 0. The average molecular weight is 169 g/mol. The molecular weight excluding hydrogens is 150 g/mol. The molecule has 0 heterocycles. The molecule has 2 saturated carbocycles. The minimum atomic E-state index is -0.0320. The van der Waals surface area contributed by atoms with Crippen molar-refractivity contribution in [3.05, 3.63) is 0 Å². The zero-order chi connectivity index (χ0) is 8.39. The molecule has 2 atom stereocenters. The summed E-state index contributed by atoms with van der Waals surface area (Å²) in [6, 6.07) is 0.606. The van der Waals surface area contributed by atoms with Gasteiger partial charge < -0.3 is 10.4 Å². The fraction of sp³-hybridized carbons (Fsp3) is 1.00. The maximum Gasteiger partial charge on any atom is 0.0555 e. The number of hydrogen-bond acceptors (Lipinski definition) is 2. The Kier molecular flexibility index (Phi) is 2.66. The lowest BCUT2D eigenvalue weighted by Gasteiger charge is -2.26. The molecule has 2 nitrogen and oxygen atoms in total. The van der Waals surface area contributed by atoms with Gasteiger partial charge in [0.1, 0.15) is 0 Å². The van der Waals surface area contributed by atoms with Gasteiger partial charge in [0.25, 0.3) is 0 Å². The Hall–Kier alpha value is -0.0800. The standard InChI is InChI=1S/C10H19NO/c12-10-3-1-2-9(6-10)11-7-8-4-5-8/h8-12H,1-7H2/t9-,10+/m0/s1. The van der Waals surface area contributed by atoms with Gasteiger partial charge in [-0.25, -0.2) is 0 Å². The van der Waals surface area contributed by atoms with E-state index in [1.807, 2.05) is 0 Å². The molecule has 0 radical (unpaired) electrons. The van der Waals surface area contributed by atoms with Gasteiger partial charge in [-0.05, 0) is 51.0 Å². The highest BCUT2D eigenvalue weighted by Crippen LogP contribution is 2.28. The third-order valence-corrected chi connectivity index (χ3v) is 3.04. The maximum atomic E-state index is 9.42. The topological polar surface area (TPSA) is 32.3 Å². The second kappa shape index (κ2) is 3.75. The summed E-state index contributed by atoms with van der Waals surface area (Å²) in [7, 11) is 0. The molecular formula is C10H19NO. The van der Waals surface area contributed by atoms with Crippen molar-refractivity contribution >= 4 is 0 Å². The van der Waals surface area contributed by atoms with E-state index in [1.54, 1.807) is 0 Å². The van der Waals surface area contributed by atoms with Gasteiger partial charge >= 0.3 is 0 Å². The van der Waals surface area contributed by atoms with Crippen LogP contribution in [0.2, 0.25) is 0 Å². The fourth-order valence-electron chi connectivity index (χ4n) is 2.00. The molecule has 2 fully saturated rings. The molecule has 0 aromatic rings. The van der Waals surface area contributed by atoms with Crippen molar-refractivity contribution in [2.45, 2.75) is 50.7 Å². The molecule has 0 saturated heterocycles. The van der Waals surface area contributed by atoms with E-state index in [4.69, 9.17) is 0 Å². The van der Waals surface area contributed by atoms with Crippen LogP contribution in [-0.2, 0) is 0 Å². The summed E-state index contributed by atoms with van der Waals surface area (Å²) in [6.45, 7) is 1.19. The van der Waals surface area contributed by atoms with Crippen LogP contribution in [0.25, 0.3) is 0 Å². The second-order valence-corrected chi connectivity index (χ2v) is 4.37. The van der Waals surface area contributed by atoms with Crippen LogP contribution in [-0.4, -0.2) is 23.8 Å². The molecule has 0 bridgehead atoms. The predicted molar refractivity (Wildman–Crippen MR) is 49.0 cm³/mol. The Labute approximate surface area is 74.4 Å². The van der Waals surface area contributed by atoms with Crippen LogP contribution in [0, 0.1) is 5.92 Å². The van der Waals surface area contributed by atoms with Crippen molar-refractivity contribution in [3.8, 4) is 0 Å². The number of aliphatic hydroxyl groups is 1. The first-order valence-corrected chi connectivity index (χ1v) is 5.26. The van der Waals surface area contributed by atoms with E-state index < -0.39 is 0 Å². The molecule has 2 rings (SSSR count).